The van der Waals surface area contributed by atoms with E-state index in [0.29, 0.717) is 0 Å². The van der Waals surface area contributed by atoms with Gasteiger partial charge in [0.15, 0.2) is 0 Å². The predicted octanol–water partition coefficient (Wildman–Crippen LogP) is 1.50. The second kappa shape index (κ2) is 4.83. The van der Waals surface area contributed by atoms with E-state index in [1.54, 1.807) is 6.20 Å². The van der Waals surface area contributed by atoms with Crippen LogP contribution in [0.2, 0.25) is 0 Å². The summed E-state index contributed by atoms with van der Waals surface area (Å²) in [6.07, 6.45) is 7.74. The number of nitrogens with one attached hydrogen (secondary N) is 2. The highest BCUT2D eigenvalue weighted by molar-refractivity contribution is 5.25. The first-order chi connectivity index (χ1) is 7.77. The summed E-state index contributed by atoms with van der Waals surface area (Å²) < 4.78 is 1.98. The Kier molecular flexibility index (Phi) is 3.24. The van der Waals surface area contributed by atoms with Gasteiger partial charge in [-0.15, -0.1) is 0 Å². The smallest absolute Gasteiger partial charge is 0.202 e. The molecular formula is C11H17N5. The molecule has 2 N–H and O–H groups in total. The van der Waals surface area contributed by atoms with Crippen LogP contribution in [0.4, 0.5) is 5.95 Å². The molecule has 0 bridgehead atoms. The lowest BCUT2D eigenvalue weighted by atomic mass is 10.1. The zero-order chi connectivity index (χ0) is 11.4. The molecule has 86 valence electrons. The number of nitrogens with zero attached hydrogens (tertiary/aromatic N) is 3. The first-order valence-electron chi connectivity index (χ1n) is 5.47. The molecule has 0 amide bonds. The van der Waals surface area contributed by atoms with E-state index in [9.17, 15) is 0 Å². The minimum atomic E-state index is 0.920. The van der Waals surface area contributed by atoms with E-state index in [4.69, 9.17) is 0 Å². The van der Waals surface area contributed by atoms with Gasteiger partial charge in [-0.3, -0.25) is 5.10 Å². The van der Waals surface area contributed by atoms with Crippen LogP contribution in [0.15, 0.2) is 18.6 Å². The Labute approximate surface area is 94.9 Å². The van der Waals surface area contributed by atoms with E-state index >= 15 is 0 Å². The number of imidazole rings is 1. The van der Waals surface area contributed by atoms with Gasteiger partial charge in [-0.1, -0.05) is 0 Å². The first-order valence-corrected chi connectivity index (χ1v) is 5.47. The maximum Gasteiger partial charge on any atom is 0.202 e. The Morgan fingerprint density at radius 3 is 3.00 bits per heavy atom. The normalized spacial score (nSPS) is 10.6. The van der Waals surface area contributed by atoms with Crippen LogP contribution < -0.4 is 5.32 Å². The van der Waals surface area contributed by atoms with Gasteiger partial charge >= 0.3 is 0 Å². The molecule has 0 fully saturated rings. The van der Waals surface area contributed by atoms with Crippen molar-refractivity contribution in [2.75, 3.05) is 11.9 Å². The Bertz CT molecular complexity index is 400. The van der Waals surface area contributed by atoms with E-state index in [0.717, 1.165) is 31.0 Å². The van der Waals surface area contributed by atoms with Crippen molar-refractivity contribution in [2.24, 2.45) is 7.05 Å². The van der Waals surface area contributed by atoms with Crippen LogP contribution in [-0.2, 0) is 13.5 Å². The van der Waals surface area contributed by atoms with E-state index in [-0.39, 0.29) is 0 Å². The molecule has 2 aromatic rings. The molecule has 2 rings (SSSR count). The molecule has 16 heavy (non-hydrogen) atoms. The average Bonchev–Trinajstić information content (AvgIpc) is 2.84. The summed E-state index contributed by atoms with van der Waals surface area (Å²) in [7, 11) is 1.98. The summed E-state index contributed by atoms with van der Waals surface area (Å²) in [5, 5.41) is 10.2. The number of aromatic nitrogens is 4. The van der Waals surface area contributed by atoms with E-state index in [1.165, 1.54) is 5.56 Å². The molecule has 2 aromatic heterocycles. The van der Waals surface area contributed by atoms with Gasteiger partial charge in [0.1, 0.15) is 0 Å². The lowest BCUT2D eigenvalue weighted by molar-refractivity contribution is 0.828. The van der Waals surface area contributed by atoms with Crippen molar-refractivity contribution in [3.8, 4) is 0 Å². The molecule has 0 unspecified atom stereocenters. The molecule has 5 heteroatoms. The molecule has 0 radical (unpaired) electrons. The molecule has 0 spiro atoms. The number of hydrogen-bond donors (Lipinski definition) is 2. The third-order valence-corrected chi connectivity index (χ3v) is 2.66. The fourth-order valence-corrected chi connectivity index (χ4v) is 1.64. The van der Waals surface area contributed by atoms with Crippen LogP contribution in [0.25, 0.3) is 0 Å². The zero-order valence-electron chi connectivity index (χ0n) is 9.70. The molecular weight excluding hydrogens is 202 g/mol. The van der Waals surface area contributed by atoms with Crippen LogP contribution >= 0.6 is 0 Å². The summed E-state index contributed by atoms with van der Waals surface area (Å²) in [4.78, 5) is 4.20. The number of aromatic amines is 1. The number of anilines is 1. The predicted molar refractivity (Wildman–Crippen MR) is 63.3 cm³/mol. The van der Waals surface area contributed by atoms with Crippen LogP contribution in [-0.4, -0.2) is 26.3 Å². The molecule has 0 aliphatic carbocycles. The first kappa shape index (κ1) is 10.7. The van der Waals surface area contributed by atoms with Gasteiger partial charge in [-0.2, -0.15) is 5.10 Å². The highest BCUT2D eigenvalue weighted by atomic mass is 15.2. The van der Waals surface area contributed by atoms with Crippen LogP contribution in [0.1, 0.15) is 17.7 Å². The number of hydrogen-bond acceptors (Lipinski definition) is 3. The van der Waals surface area contributed by atoms with Gasteiger partial charge in [-0.05, 0) is 25.3 Å². The van der Waals surface area contributed by atoms with Gasteiger partial charge in [0.2, 0.25) is 5.95 Å². The van der Waals surface area contributed by atoms with Crippen LogP contribution in [0.3, 0.4) is 0 Å². The molecule has 0 aliphatic heterocycles. The van der Waals surface area contributed by atoms with Crippen molar-refractivity contribution < 1.29 is 0 Å². The maximum absolute atomic E-state index is 4.20. The SMILES string of the molecule is Cc1[nH]ncc1CCCNc1nccn1C. The van der Waals surface area contributed by atoms with E-state index < -0.39 is 0 Å². The summed E-state index contributed by atoms with van der Waals surface area (Å²) in [5.74, 6) is 0.920. The summed E-state index contributed by atoms with van der Waals surface area (Å²) >= 11 is 0. The van der Waals surface area contributed by atoms with Crippen molar-refractivity contribution in [1.29, 1.82) is 0 Å². The summed E-state index contributed by atoms with van der Waals surface area (Å²) in [6.45, 7) is 2.98. The summed E-state index contributed by atoms with van der Waals surface area (Å²) in [6, 6.07) is 0. The van der Waals surface area contributed by atoms with Gasteiger partial charge < -0.3 is 9.88 Å². The Morgan fingerprint density at radius 2 is 2.38 bits per heavy atom. The molecule has 5 nitrogen and oxygen atoms in total. The van der Waals surface area contributed by atoms with E-state index in [2.05, 4.69) is 27.4 Å². The second-order valence-corrected chi connectivity index (χ2v) is 3.91. The minimum absolute atomic E-state index is 0.920. The topological polar surface area (TPSA) is 58.5 Å². The highest BCUT2D eigenvalue weighted by Gasteiger charge is 2.00. The fraction of sp³-hybridized carbons (Fsp3) is 0.455. The quantitative estimate of drug-likeness (QED) is 0.749. The lowest BCUT2D eigenvalue weighted by Crippen LogP contribution is -2.07. The molecule has 0 saturated heterocycles. The van der Waals surface area contributed by atoms with Crippen molar-refractivity contribution in [1.82, 2.24) is 19.7 Å². The second-order valence-electron chi connectivity index (χ2n) is 3.91. The standard InChI is InChI=1S/C11H17N5/c1-9-10(8-14-15-9)4-3-5-12-11-13-6-7-16(11)2/h6-8H,3-5H2,1-2H3,(H,12,13)(H,14,15). The number of aryl methyl sites for hydroxylation is 3. The maximum atomic E-state index is 4.20. The van der Waals surface area contributed by atoms with Crippen molar-refractivity contribution in [3.63, 3.8) is 0 Å². The van der Waals surface area contributed by atoms with Gasteiger partial charge in [0.25, 0.3) is 0 Å². The Hall–Kier alpha value is -1.78. The lowest BCUT2D eigenvalue weighted by Gasteiger charge is -2.05. The van der Waals surface area contributed by atoms with Crippen molar-refractivity contribution in [3.05, 3.63) is 29.8 Å². The minimum Gasteiger partial charge on any atom is -0.356 e. The van der Waals surface area contributed by atoms with Crippen molar-refractivity contribution in [2.45, 2.75) is 19.8 Å². The number of H-pyrrole nitrogens is 1. The molecule has 0 aliphatic rings. The van der Waals surface area contributed by atoms with Crippen molar-refractivity contribution >= 4 is 5.95 Å². The fourth-order valence-electron chi connectivity index (χ4n) is 1.64. The summed E-state index contributed by atoms with van der Waals surface area (Å²) in [5.41, 5.74) is 2.46. The molecule has 0 aromatic carbocycles. The largest absolute Gasteiger partial charge is 0.356 e. The molecule has 2 heterocycles. The zero-order valence-corrected chi connectivity index (χ0v) is 9.70. The molecule has 0 saturated carbocycles. The third-order valence-electron chi connectivity index (χ3n) is 2.66. The number of rotatable bonds is 5. The average molecular weight is 219 g/mol. The highest BCUT2D eigenvalue weighted by Crippen LogP contribution is 2.06. The van der Waals surface area contributed by atoms with Gasteiger partial charge in [0, 0.05) is 31.7 Å². The van der Waals surface area contributed by atoms with Crippen LogP contribution in [0.5, 0.6) is 0 Å². The monoisotopic (exact) mass is 219 g/mol. The Balaban J connectivity index is 1.74. The van der Waals surface area contributed by atoms with Gasteiger partial charge in [-0.25, -0.2) is 4.98 Å². The Morgan fingerprint density at radius 1 is 1.50 bits per heavy atom. The third kappa shape index (κ3) is 2.42. The van der Waals surface area contributed by atoms with Crippen LogP contribution in [0, 0.1) is 6.92 Å². The van der Waals surface area contributed by atoms with E-state index in [1.807, 2.05) is 24.0 Å². The molecule has 0 atom stereocenters. The van der Waals surface area contributed by atoms with Gasteiger partial charge in [0.05, 0.1) is 6.20 Å².